The number of halogens is 2. The van der Waals surface area contributed by atoms with Crippen LogP contribution in [0.25, 0.3) is 0 Å². The molecule has 0 radical (unpaired) electrons. The Kier molecular flexibility index (Phi) is 6.04. The predicted octanol–water partition coefficient (Wildman–Crippen LogP) is 3.06. The van der Waals surface area contributed by atoms with Gasteiger partial charge in [0.1, 0.15) is 5.50 Å². The zero-order valence-electron chi connectivity index (χ0n) is 8.15. The Morgan fingerprint density at radius 3 is 2.73 bits per heavy atom. The topological polar surface area (TPSA) is 24.1 Å². The maximum Gasteiger partial charge on any atom is 0.126 e. The minimum absolute atomic E-state index is 0. The SMILES string of the molecule is Br.BrCC1CNC(Nc2ccccc2)S1. The molecule has 1 aliphatic rings. The molecule has 84 valence electrons. The van der Waals surface area contributed by atoms with E-state index >= 15 is 0 Å². The highest BCUT2D eigenvalue weighted by Crippen LogP contribution is 2.24. The molecule has 2 nitrogen and oxygen atoms in total. The van der Waals surface area contributed by atoms with Crippen LogP contribution in [0.3, 0.4) is 0 Å². The number of para-hydroxylation sites is 1. The molecular formula is C10H14Br2N2S. The molecule has 2 N–H and O–H groups in total. The number of anilines is 1. The number of alkyl halides is 1. The summed E-state index contributed by atoms with van der Waals surface area (Å²) in [7, 11) is 0. The fourth-order valence-electron chi connectivity index (χ4n) is 1.39. The third kappa shape index (κ3) is 3.98. The molecule has 2 unspecified atom stereocenters. The predicted molar refractivity (Wildman–Crippen MR) is 77.4 cm³/mol. The van der Waals surface area contributed by atoms with Crippen molar-refractivity contribution in [2.45, 2.75) is 10.7 Å². The molecule has 15 heavy (non-hydrogen) atoms. The van der Waals surface area contributed by atoms with Crippen molar-refractivity contribution in [3.63, 3.8) is 0 Å². The van der Waals surface area contributed by atoms with Crippen molar-refractivity contribution in [1.82, 2.24) is 5.32 Å². The van der Waals surface area contributed by atoms with E-state index in [1.807, 2.05) is 30.0 Å². The largest absolute Gasteiger partial charge is 0.361 e. The molecule has 0 amide bonds. The summed E-state index contributed by atoms with van der Waals surface area (Å²) >= 11 is 5.44. The van der Waals surface area contributed by atoms with Gasteiger partial charge in [0.15, 0.2) is 0 Å². The van der Waals surface area contributed by atoms with E-state index in [0.29, 0.717) is 10.7 Å². The van der Waals surface area contributed by atoms with Crippen LogP contribution in [0.15, 0.2) is 30.3 Å². The van der Waals surface area contributed by atoms with Crippen LogP contribution in [0, 0.1) is 0 Å². The summed E-state index contributed by atoms with van der Waals surface area (Å²) in [4.78, 5) is 0. The maximum atomic E-state index is 3.50. The molecule has 0 saturated carbocycles. The van der Waals surface area contributed by atoms with E-state index in [1.54, 1.807) is 0 Å². The van der Waals surface area contributed by atoms with Gasteiger partial charge in [0.2, 0.25) is 0 Å². The number of hydrogen-bond donors (Lipinski definition) is 2. The normalized spacial score (nSPS) is 24.6. The summed E-state index contributed by atoms with van der Waals surface area (Å²) in [5, 5.41) is 8.59. The van der Waals surface area contributed by atoms with Crippen LogP contribution in [-0.4, -0.2) is 22.6 Å². The molecule has 0 aliphatic carbocycles. The van der Waals surface area contributed by atoms with Gasteiger partial charge < -0.3 is 5.32 Å². The van der Waals surface area contributed by atoms with E-state index < -0.39 is 0 Å². The van der Waals surface area contributed by atoms with Crippen molar-refractivity contribution in [3.05, 3.63) is 30.3 Å². The molecule has 0 spiro atoms. The van der Waals surface area contributed by atoms with Gasteiger partial charge in [-0.15, -0.1) is 28.7 Å². The summed E-state index contributed by atoms with van der Waals surface area (Å²) in [6.45, 7) is 1.07. The molecule has 1 fully saturated rings. The van der Waals surface area contributed by atoms with Crippen molar-refractivity contribution in [2.24, 2.45) is 0 Å². The lowest BCUT2D eigenvalue weighted by Gasteiger charge is -2.13. The van der Waals surface area contributed by atoms with Crippen LogP contribution in [0.4, 0.5) is 5.69 Å². The summed E-state index contributed by atoms with van der Waals surface area (Å²) in [5.41, 5.74) is 1.52. The molecule has 1 aliphatic heterocycles. The minimum atomic E-state index is 0. The lowest BCUT2D eigenvalue weighted by Crippen LogP contribution is -2.27. The van der Waals surface area contributed by atoms with Gasteiger partial charge in [0, 0.05) is 22.8 Å². The second kappa shape index (κ2) is 6.78. The zero-order chi connectivity index (χ0) is 9.80. The number of hydrogen-bond acceptors (Lipinski definition) is 3. The maximum absolute atomic E-state index is 3.50. The molecule has 0 bridgehead atoms. The first-order chi connectivity index (χ1) is 6.88. The van der Waals surface area contributed by atoms with Gasteiger partial charge in [-0.05, 0) is 12.1 Å². The third-order valence-electron chi connectivity index (χ3n) is 2.10. The van der Waals surface area contributed by atoms with Gasteiger partial charge in [0.25, 0.3) is 0 Å². The van der Waals surface area contributed by atoms with Crippen LogP contribution >= 0.6 is 44.7 Å². The van der Waals surface area contributed by atoms with Crippen LogP contribution in [0.2, 0.25) is 0 Å². The van der Waals surface area contributed by atoms with Gasteiger partial charge in [-0.2, -0.15) is 0 Å². The number of rotatable bonds is 3. The van der Waals surface area contributed by atoms with Gasteiger partial charge >= 0.3 is 0 Å². The highest BCUT2D eigenvalue weighted by atomic mass is 79.9. The first-order valence-electron chi connectivity index (χ1n) is 4.65. The molecule has 1 aromatic carbocycles. The van der Waals surface area contributed by atoms with Crippen molar-refractivity contribution >= 4 is 50.4 Å². The van der Waals surface area contributed by atoms with Crippen molar-refractivity contribution in [1.29, 1.82) is 0 Å². The van der Waals surface area contributed by atoms with Crippen molar-refractivity contribution in [3.8, 4) is 0 Å². The Balaban J connectivity index is 0.00000112. The highest BCUT2D eigenvalue weighted by molar-refractivity contribution is 9.09. The van der Waals surface area contributed by atoms with Gasteiger partial charge in [0.05, 0.1) is 0 Å². The monoisotopic (exact) mass is 352 g/mol. The quantitative estimate of drug-likeness (QED) is 0.816. The van der Waals surface area contributed by atoms with E-state index in [9.17, 15) is 0 Å². The lowest BCUT2D eigenvalue weighted by atomic mass is 10.3. The highest BCUT2D eigenvalue weighted by Gasteiger charge is 2.23. The Hall–Kier alpha value is 0.290. The standard InChI is InChI=1S/C10H13BrN2S.BrH/c11-6-9-7-12-10(14-9)13-8-4-2-1-3-5-8;/h1-5,9-10,12-13H,6-7H2;1H. The molecule has 0 aromatic heterocycles. The fourth-order valence-corrected chi connectivity index (χ4v) is 3.12. The van der Waals surface area contributed by atoms with Gasteiger partial charge in [-0.1, -0.05) is 34.1 Å². The Morgan fingerprint density at radius 1 is 1.40 bits per heavy atom. The van der Waals surface area contributed by atoms with E-state index in [4.69, 9.17) is 0 Å². The van der Waals surface area contributed by atoms with E-state index in [0.717, 1.165) is 11.9 Å². The van der Waals surface area contributed by atoms with Crippen LogP contribution < -0.4 is 10.6 Å². The average molecular weight is 354 g/mol. The number of benzene rings is 1. The van der Waals surface area contributed by atoms with Gasteiger partial charge in [-0.25, -0.2) is 0 Å². The molecule has 1 aromatic rings. The number of nitrogens with one attached hydrogen (secondary N) is 2. The van der Waals surface area contributed by atoms with Crippen LogP contribution in [0.5, 0.6) is 0 Å². The van der Waals surface area contributed by atoms with Crippen LogP contribution in [-0.2, 0) is 0 Å². The van der Waals surface area contributed by atoms with E-state index in [2.05, 4.69) is 38.7 Å². The summed E-state index contributed by atoms with van der Waals surface area (Å²) < 4.78 is 0. The van der Waals surface area contributed by atoms with Crippen LogP contribution in [0.1, 0.15) is 0 Å². The van der Waals surface area contributed by atoms with E-state index in [1.165, 1.54) is 5.69 Å². The van der Waals surface area contributed by atoms with Gasteiger partial charge in [-0.3, -0.25) is 5.32 Å². The molecule has 1 heterocycles. The molecule has 5 heteroatoms. The Morgan fingerprint density at radius 2 is 2.13 bits per heavy atom. The van der Waals surface area contributed by atoms with Crippen molar-refractivity contribution < 1.29 is 0 Å². The molecule has 1 saturated heterocycles. The summed E-state index contributed by atoms with van der Waals surface area (Å²) in [5.74, 6) is 0. The Bertz CT molecular complexity index is 284. The zero-order valence-corrected chi connectivity index (χ0v) is 12.3. The average Bonchev–Trinajstić information content (AvgIpc) is 2.67. The van der Waals surface area contributed by atoms with E-state index in [-0.39, 0.29) is 17.0 Å². The first kappa shape index (κ1) is 13.4. The number of thioether (sulfide) groups is 1. The molecular weight excluding hydrogens is 340 g/mol. The second-order valence-corrected chi connectivity index (χ2v) is 5.27. The third-order valence-corrected chi connectivity index (χ3v) is 4.59. The minimum Gasteiger partial charge on any atom is -0.361 e. The summed E-state index contributed by atoms with van der Waals surface area (Å²) in [6, 6.07) is 10.3. The summed E-state index contributed by atoms with van der Waals surface area (Å²) in [6.07, 6.45) is 0. The Labute approximate surface area is 113 Å². The second-order valence-electron chi connectivity index (χ2n) is 3.21. The van der Waals surface area contributed by atoms with Crippen molar-refractivity contribution in [2.75, 3.05) is 17.2 Å². The molecule has 2 atom stereocenters. The fraction of sp³-hybridized carbons (Fsp3) is 0.400. The lowest BCUT2D eigenvalue weighted by molar-refractivity contribution is 0.738. The molecule has 2 rings (SSSR count). The first-order valence-corrected chi connectivity index (χ1v) is 6.71. The smallest absolute Gasteiger partial charge is 0.126 e.